The summed E-state index contributed by atoms with van der Waals surface area (Å²) in [4.78, 5) is 6.75. The van der Waals surface area contributed by atoms with E-state index in [1.54, 1.807) is 31.5 Å². The fourth-order valence-electron chi connectivity index (χ4n) is 4.84. The van der Waals surface area contributed by atoms with Gasteiger partial charge in [0, 0.05) is 34.4 Å². The molecule has 6 nitrogen and oxygen atoms in total. The Balaban J connectivity index is 1.70. The maximum absolute atomic E-state index is 10.6. The first-order chi connectivity index (χ1) is 16.9. The summed E-state index contributed by atoms with van der Waals surface area (Å²) in [5.41, 5.74) is 5.45. The number of aryl methyl sites for hydroxylation is 1. The van der Waals surface area contributed by atoms with Crippen molar-refractivity contribution < 1.29 is 9.84 Å². The summed E-state index contributed by atoms with van der Waals surface area (Å²) in [5, 5.41) is 15.3. The molecule has 0 saturated carbocycles. The van der Waals surface area contributed by atoms with E-state index in [0.717, 1.165) is 34.1 Å². The van der Waals surface area contributed by atoms with Crippen LogP contribution in [-0.4, -0.2) is 26.9 Å². The predicted molar refractivity (Wildman–Crippen MR) is 143 cm³/mol. The van der Waals surface area contributed by atoms with Crippen LogP contribution in [0.15, 0.2) is 72.9 Å². The first kappa shape index (κ1) is 23.2. The lowest BCUT2D eigenvalue weighted by atomic mass is 9.96. The molecule has 3 heterocycles. The van der Waals surface area contributed by atoms with Crippen molar-refractivity contribution in [2.24, 2.45) is 0 Å². The molecule has 2 N–H and O–H groups in total. The van der Waals surface area contributed by atoms with Crippen LogP contribution in [0, 0.1) is 13.8 Å². The van der Waals surface area contributed by atoms with E-state index in [1.165, 1.54) is 0 Å². The lowest BCUT2D eigenvalue weighted by Gasteiger charge is -2.28. The van der Waals surface area contributed by atoms with E-state index in [2.05, 4.69) is 21.3 Å². The van der Waals surface area contributed by atoms with Gasteiger partial charge in [-0.2, -0.15) is 0 Å². The zero-order chi connectivity index (χ0) is 24.7. The van der Waals surface area contributed by atoms with Crippen LogP contribution in [0.25, 0.3) is 5.69 Å². The Bertz CT molecular complexity index is 1410. The van der Waals surface area contributed by atoms with Gasteiger partial charge in [0.15, 0.2) is 5.11 Å². The van der Waals surface area contributed by atoms with E-state index < -0.39 is 0 Å². The molecule has 0 radical (unpaired) electrons. The summed E-state index contributed by atoms with van der Waals surface area (Å²) in [6, 6.07) is 20.6. The molecule has 1 aliphatic rings. The molecule has 2 atom stereocenters. The smallest absolute Gasteiger partial charge is 0.174 e. The average Bonchev–Trinajstić information content (AvgIpc) is 3.36. The number of benzene rings is 2. The normalized spacial score (nSPS) is 17.5. The van der Waals surface area contributed by atoms with Crippen molar-refractivity contribution >= 4 is 34.6 Å². The van der Waals surface area contributed by atoms with E-state index in [9.17, 15) is 5.11 Å². The molecule has 0 spiro atoms. The third-order valence-corrected chi connectivity index (χ3v) is 6.95. The quantitative estimate of drug-likeness (QED) is 0.323. The fraction of sp³-hybridized carbons (Fsp3) is 0.185. The largest absolute Gasteiger partial charge is 0.506 e. The van der Waals surface area contributed by atoms with E-state index >= 15 is 0 Å². The maximum Gasteiger partial charge on any atom is 0.174 e. The number of thiocarbonyl (C=S) groups is 1. The van der Waals surface area contributed by atoms with Gasteiger partial charge in [0.05, 0.1) is 30.6 Å². The van der Waals surface area contributed by atoms with Crippen LogP contribution in [-0.2, 0) is 0 Å². The Morgan fingerprint density at radius 1 is 1.06 bits per heavy atom. The summed E-state index contributed by atoms with van der Waals surface area (Å²) in [5.74, 6) is 0.911. The third kappa shape index (κ3) is 4.11. The molecule has 0 unspecified atom stereocenters. The molecule has 0 amide bonds. The van der Waals surface area contributed by atoms with Crippen molar-refractivity contribution in [3.8, 4) is 17.2 Å². The third-order valence-electron chi connectivity index (χ3n) is 6.40. The second kappa shape index (κ2) is 9.24. The van der Waals surface area contributed by atoms with Gasteiger partial charge in [0.25, 0.3) is 0 Å². The van der Waals surface area contributed by atoms with Crippen LogP contribution in [0.3, 0.4) is 0 Å². The Morgan fingerprint density at radius 3 is 2.63 bits per heavy atom. The van der Waals surface area contributed by atoms with Gasteiger partial charge in [0.1, 0.15) is 11.5 Å². The molecule has 1 saturated heterocycles. The van der Waals surface area contributed by atoms with Crippen molar-refractivity contribution in [1.29, 1.82) is 0 Å². The molecule has 5 rings (SSSR count). The molecule has 8 heteroatoms. The van der Waals surface area contributed by atoms with Crippen molar-refractivity contribution in [2.75, 3.05) is 12.0 Å². The topological polar surface area (TPSA) is 62.5 Å². The van der Waals surface area contributed by atoms with Crippen LogP contribution < -0.4 is 15.0 Å². The van der Waals surface area contributed by atoms with Crippen molar-refractivity contribution in [3.05, 3.63) is 101 Å². The number of anilines is 1. The standard InChI is InChI=1S/C27H25ClN4O2S/c1-16-13-21(17(2)31(16)23-14-18(28)10-11-24(23)33)26-25(22-9-4-5-12-29-22)30-27(35)32(26)19-7-6-8-20(15-19)34-3/h4-15,25-26,33H,1-3H3,(H,30,35)/t25-,26-/m0/s1. The highest BCUT2D eigenvalue weighted by Crippen LogP contribution is 2.44. The number of hydrogen-bond donors (Lipinski definition) is 2. The lowest BCUT2D eigenvalue weighted by Crippen LogP contribution is -2.29. The first-order valence-electron chi connectivity index (χ1n) is 11.2. The van der Waals surface area contributed by atoms with E-state index in [0.29, 0.717) is 15.8 Å². The van der Waals surface area contributed by atoms with E-state index in [-0.39, 0.29) is 17.8 Å². The molecule has 0 bridgehead atoms. The van der Waals surface area contributed by atoms with Crippen LogP contribution in [0.1, 0.15) is 34.7 Å². The van der Waals surface area contributed by atoms with Crippen LogP contribution in [0.2, 0.25) is 5.02 Å². The van der Waals surface area contributed by atoms with E-state index in [4.69, 9.17) is 28.6 Å². The Hall–Kier alpha value is -3.55. The van der Waals surface area contributed by atoms with Gasteiger partial charge < -0.3 is 24.6 Å². The van der Waals surface area contributed by atoms with Crippen LogP contribution in [0.5, 0.6) is 11.5 Å². The average molecular weight is 505 g/mol. The maximum atomic E-state index is 10.6. The fourth-order valence-corrected chi connectivity index (χ4v) is 5.36. The molecule has 4 aromatic rings. The van der Waals surface area contributed by atoms with Gasteiger partial charge in [-0.05, 0) is 80.2 Å². The first-order valence-corrected chi connectivity index (χ1v) is 12.0. The highest BCUT2D eigenvalue weighted by atomic mass is 35.5. The number of hydrogen-bond acceptors (Lipinski definition) is 4. The Labute approximate surface area is 214 Å². The molecule has 2 aromatic carbocycles. The number of nitrogens with one attached hydrogen (secondary N) is 1. The van der Waals surface area contributed by atoms with Crippen molar-refractivity contribution in [2.45, 2.75) is 25.9 Å². The lowest BCUT2D eigenvalue weighted by molar-refractivity contribution is 0.415. The molecule has 0 aliphatic carbocycles. The summed E-state index contributed by atoms with van der Waals surface area (Å²) < 4.78 is 7.51. The van der Waals surface area contributed by atoms with Crippen molar-refractivity contribution in [3.63, 3.8) is 0 Å². The number of aromatic nitrogens is 2. The number of methoxy groups -OCH3 is 1. The van der Waals surface area contributed by atoms with Crippen molar-refractivity contribution in [1.82, 2.24) is 14.9 Å². The highest BCUT2D eigenvalue weighted by molar-refractivity contribution is 7.80. The van der Waals surface area contributed by atoms with Crippen LogP contribution in [0.4, 0.5) is 5.69 Å². The van der Waals surface area contributed by atoms with Gasteiger partial charge in [-0.1, -0.05) is 23.7 Å². The highest BCUT2D eigenvalue weighted by Gasteiger charge is 2.42. The van der Waals surface area contributed by atoms with Gasteiger partial charge in [-0.15, -0.1) is 0 Å². The molecule has 1 fully saturated rings. The molecule has 2 aromatic heterocycles. The molecule has 35 heavy (non-hydrogen) atoms. The SMILES string of the molecule is COc1cccc(N2C(=S)N[C@@H](c3ccccn3)[C@@H]2c2cc(C)n(-c3cc(Cl)ccc3O)c2C)c1. The van der Waals surface area contributed by atoms with Gasteiger partial charge in [-0.25, -0.2) is 0 Å². The summed E-state index contributed by atoms with van der Waals surface area (Å²) in [6.07, 6.45) is 1.79. The number of rotatable bonds is 5. The predicted octanol–water partition coefficient (Wildman–Crippen LogP) is 6.03. The number of phenolic OH excluding ortho intramolecular Hbond substituents is 1. The zero-order valence-corrected chi connectivity index (χ0v) is 21.1. The minimum atomic E-state index is -0.189. The van der Waals surface area contributed by atoms with Crippen LogP contribution >= 0.6 is 23.8 Å². The van der Waals surface area contributed by atoms with Gasteiger partial charge >= 0.3 is 0 Å². The van der Waals surface area contributed by atoms with E-state index in [1.807, 2.05) is 60.9 Å². The number of halogens is 1. The number of aromatic hydroxyl groups is 1. The number of pyridine rings is 1. The number of nitrogens with zero attached hydrogens (tertiary/aromatic N) is 3. The second-order valence-corrected chi connectivity index (χ2v) is 9.32. The summed E-state index contributed by atoms with van der Waals surface area (Å²) >= 11 is 12.1. The summed E-state index contributed by atoms with van der Waals surface area (Å²) in [7, 11) is 1.65. The second-order valence-electron chi connectivity index (χ2n) is 8.49. The number of phenols is 1. The Kier molecular flexibility index (Phi) is 6.13. The molecule has 178 valence electrons. The minimum absolute atomic E-state index is 0.161. The molecular weight excluding hydrogens is 480 g/mol. The van der Waals surface area contributed by atoms with Gasteiger partial charge in [-0.3, -0.25) is 4.98 Å². The zero-order valence-electron chi connectivity index (χ0n) is 19.6. The summed E-state index contributed by atoms with van der Waals surface area (Å²) in [6.45, 7) is 4.06. The monoisotopic (exact) mass is 504 g/mol. The Morgan fingerprint density at radius 2 is 1.89 bits per heavy atom. The molecular formula is C27H25ClN4O2S. The number of ether oxygens (including phenoxy) is 1. The van der Waals surface area contributed by atoms with Gasteiger partial charge in [0.2, 0.25) is 0 Å². The minimum Gasteiger partial charge on any atom is -0.506 e. The molecule has 1 aliphatic heterocycles.